The number of imide groups is 1. The monoisotopic (exact) mass is 374 g/mol. The van der Waals surface area contributed by atoms with Gasteiger partial charge < -0.3 is 5.32 Å². The van der Waals surface area contributed by atoms with Gasteiger partial charge in [-0.1, -0.05) is 48.0 Å². The molecule has 3 amide bonds. The molecule has 1 N–H and O–H groups in total. The molecular formula is C23H22N2O3. The molecule has 2 atom stereocenters. The lowest BCUT2D eigenvalue weighted by atomic mass is 9.82. The van der Waals surface area contributed by atoms with Crippen LogP contribution in [-0.4, -0.2) is 17.7 Å². The summed E-state index contributed by atoms with van der Waals surface area (Å²) in [5, 5.41) is 2.88. The van der Waals surface area contributed by atoms with Crippen molar-refractivity contribution in [2.75, 3.05) is 4.90 Å². The standard InChI is InChI=1S/C23H22N2O3/c1-15-10-11-19-20(12-15)23(28)25(22(19)27)18-9-5-8-17(13-18)21(26)24-14-16-6-3-2-4-7-16/h2-10,13,19-20H,11-12,14H2,1H3,(H,24,26)/t19-,20+/m1/s1. The van der Waals surface area contributed by atoms with Crippen LogP contribution in [0.5, 0.6) is 0 Å². The van der Waals surface area contributed by atoms with Gasteiger partial charge >= 0.3 is 0 Å². The van der Waals surface area contributed by atoms with E-state index in [1.54, 1.807) is 24.3 Å². The number of carbonyl (C=O) groups excluding carboxylic acids is 3. The van der Waals surface area contributed by atoms with Gasteiger partial charge in [0.15, 0.2) is 0 Å². The molecule has 5 heteroatoms. The van der Waals surface area contributed by atoms with E-state index in [0.29, 0.717) is 30.6 Å². The number of amides is 3. The number of nitrogens with one attached hydrogen (secondary N) is 1. The first kappa shape index (κ1) is 18.2. The molecule has 4 rings (SSSR count). The highest BCUT2D eigenvalue weighted by Gasteiger charge is 2.48. The first-order valence-corrected chi connectivity index (χ1v) is 9.50. The van der Waals surface area contributed by atoms with Crippen molar-refractivity contribution in [3.05, 3.63) is 77.4 Å². The topological polar surface area (TPSA) is 66.5 Å². The van der Waals surface area contributed by atoms with Gasteiger partial charge in [0, 0.05) is 12.1 Å². The molecule has 0 bridgehead atoms. The van der Waals surface area contributed by atoms with Crippen LogP contribution in [0, 0.1) is 11.8 Å². The summed E-state index contributed by atoms with van der Waals surface area (Å²) in [7, 11) is 0. The van der Waals surface area contributed by atoms with Crippen molar-refractivity contribution >= 4 is 23.4 Å². The fraction of sp³-hybridized carbons (Fsp3) is 0.261. The Balaban J connectivity index is 1.52. The largest absolute Gasteiger partial charge is 0.348 e. The summed E-state index contributed by atoms with van der Waals surface area (Å²) >= 11 is 0. The number of nitrogens with zero attached hydrogens (tertiary/aromatic N) is 1. The summed E-state index contributed by atoms with van der Waals surface area (Å²) in [6, 6.07) is 16.4. The van der Waals surface area contributed by atoms with Crippen LogP contribution in [0.2, 0.25) is 0 Å². The Kier molecular flexibility index (Phi) is 4.82. The molecule has 28 heavy (non-hydrogen) atoms. The normalized spacial score (nSPS) is 21.3. The minimum absolute atomic E-state index is 0.163. The molecule has 2 aromatic rings. The summed E-state index contributed by atoms with van der Waals surface area (Å²) in [6.45, 7) is 2.41. The minimum atomic E-state index is -0.285. The third-order valence-electron chi connectivity index (χ3n) is 5.49. The molecule has 0 spiro atoms. The van der Waals surface area contributed by atoms with E-state index < -0.39 is 0 Å². The van der Waals surface area contributed by atoms with Crippen LogP contribution in [0.4, 0.5) is 5.69 Å². The van der Waals surface area contributed by atoms with Crippen molar-refractivity contribution in [3.8, 4) is 0 Å². The maximum Gasteiger partial charge on any atom is 0.251 e. The lowest BCUT2D eigenvalue weighted by Gasteiger charge is -2.18. The highest BCUT2D eigenvalue weighted by Crippen LogP contribution is 2.39. The molecule has 0 radical (unpaired) electrons. The van der Waals surface area contributed by atoms with E-state index in [-0.39, 0.29) is 29.6 Å². The molecule has 142 valence electrons. The van der Waals surface area contributed by atoms with Crippen molar-refractivity contribution in [2.45, 2.75) is 26.3 Å². The average Bonchev–Trinajstić information content (AvgIpc) is 2.96. The quantitative estimate of drug-likeness (QED) is 0.658. The maximum atomic E-state index is 12.9. The highest BCUT2D eigenvalue weighted by atomic mass is 16.2. The minimum Gasteiger partial charge on any atom is -0.348 e. The van der Waals surface area contributed by atoms with Crippen molar-refractivity contribution in [2.24, 2.45) is 11.8 Å². The molecule has 2 aromatic carbocycles. The Morgan fingerprint density at radius 1 is 1.04 bits per heavy atom. The Bertz CT molecular complexity index is 965. The molecule has 0 aromatic heterocycles. The number of fused-ring (bicyclic) bond motifs is 1. The van der Waals surface area contributed by atoms with E-state index >= 15 is 0 Å². The van der Waals surface area contributed by atoms with Crippen molar-refractivity contribution < 1.29 is 14.4 Å². The molecule has 1 fully saturated rings. The summed E-state index contributed by atoms with van der Waals surface area (Å²) in [6.07, 6.45) is 3.28. The van der Waals surface area contributed by atoms with Gasteiger partial charge in [0.1, 0.15) is 0 Å². The zero-order chi connectivity index (χ0) is 19.7. The number of hydrogen-bond donors (Lipinski definition) is 1. The first-order valence-electron chi connectivity index (χ1n) is 9.50. The van der Waals surface area contributed by atoms with Crippen LogP contribution in [0.1, 0.15) is 35.7 Å². The Morgan fingerprint density at radius 2 is 1.79 bits per heavy atom. The molecular weight excluding hydrogens is 352 g/mol. The van der Waals surface area contributed by atoms with E-state index in [4.69, 9.17) is 0 Å². The smallest absolute Gasteiger partial charge is 0.251 e. The molecule has 0 saturated carbocycles. The number of hydrogen-bond acceptors (Lipinski definition) is 3. The lowest BCUT2D eigenvalue weighted by molar-refractivity contribution is -0.122. The summed E-state index contributed by atoms with van der Waals surface area (Å²) in [5.41, 5.74) is 3.05. The van der Waals surface area contributed by atoms with E-state index in [1.165, 1.54) is 4.90 Å². The first-order chi connectivity index (χ1) is 13.5. The second kappa shape index (κ2) is 7.43. The number of anilines is 1. The molecule has 1 aliphatic carbocycles. The third-order valence-corrected chi connectivity index (χ3v) is 5.49. The SMILES string of the molecule is CC1=CC[C@H]2C(=O)N(c3cccc(C(=O)NCc4ccccc4)c3)C(=O)[C@H]2C1. The van der Waals surface area contributed by atoms with E-state index in [9.17, 15) is 14.4 Å². The van der Waals surface area contributed by atoms with Crippen molar-refractivity contribution in [1.29, 1.82) is 0 Å². The number of carbonyl (C=O) groups is 3. The van der Waals surface area contributed by atoms with Crippen LogP contribution in [0.3, 0.4) is 0 Å². The third kappa shape index (κ3) is 3.36. The van der Waals surface area contributed by atoms with Crippen LogP contribution in [-0.2, 0) is 16.1 Å². The fourth-order valence-electron chi connectivity index (χ4n) is 3.96. The summed E-state index contributed by atoms with van der Waals surface area (Å²) in [4.78, 5) is 39.5. The predicted molar refractivity (Wildman–Crippen MR) is 107 cm³/mol. The van der Waals surface area contributed by atoms with Crippen LogP contribution in [0.25, 0.3) is 0 Å². The zero-order valence-electron chi connectivity index (χ0n) is 15.7. The van der Waals surface area contributed by atoms with Gasteiger partial charge in [-0.05, 0) is 43.5 Å². The molecule has 0 unspecified atom stereocenters. The van der Waals surface area contributed by atoms with Crippen LogP contribution < -0.4 is 10.2 Å². The zero-order valence-corrected chi connectivity index (χ0v) is 15.7. The van der Waals surface area contributed by atoms with E-state index in [2.05, 4.69) is 5.32 Å². The van der Waals surface area contributed by atoms with Gasteiger partial charge in [-0.2, -0.15) is 0 Å². The molecule has 1 aliphatic heterocycles. The van der Waals surface area contributed by atoms with Crippen molar-refractivity contribution in [1.82, 2.24) is 5.32 Å². The molecule has 1 saturated heterocycles. The molecule has 1 heterocycles. The summed E-state index contributed by atoms with van der Waals surface area (Å²) < 4.78 is 0. The molecule has 5 nitrogen and oxygen atoms in total. The average molecular weight is 374 g/mol. The second-order valence-corrected chi connectivity index (χ2v) is 7.43. The maximum absolute atomic E-state index is 12.9. The Morgan fingerprint density at radius 3 is 2.57 bits per heavy atom. The van der Waals surface area contributed by atoms with Gasteiger partial charge in [-0.25, -0.2) is 0 Å². The number of rotatable bonds is 4. The van der Waals surface area contributed by atoms with Gasteiger partial charge in [-0.15, -0.1) is 0 Å². The van der Waals surface area contributed by atoms with Crippen LogP contribution >= 0.6 is 0 Å². The summed E-state index contributed by atoms with van der Waals surface area (Å²) in [5.74, 6) is -1.13. The van der Waals surface area contributed by atoms with E-state index in [0.717, 1.165) is 11.1 Å². The Labute approximate surface area is 164 Å². The van der Waals surface area contributed by atoms with E-state index in [1.807, 2.05) is 43.3 Å². The lowest BCUT2D eigenvalue weighted by Crippen LogP contribution is -2.31. The second-order valence-electron chi connectivity index (χ2n) is 7.43. The van der Waals surface area contributed by atoms with Gasteiger partial charge in [0.2, 0.25) is 11.8 Å². The van der Waals surface area contributed by atoms with Gasteiger partial charge in [0.05, 0.1) is 17.5 Å². The predicted octanol–water partition coefficient (Wildman–Crippen LogP) is 3.46. The highest BCUT2D eigenvalue weighted by molar-refractivity contribution is 6.22. The fourth-order valence-corrected chi connectivity index (χ4v) is 3.96. The van der Waals surface area contributed by atoms with Gasteiger partial charge in [-0.3, -0.25) is 19.3 Å². The van der Waals surface area contributed by atoms with Crippen molar-refractivity contribution in [3.63, 3.8) is 0 Å². The number of benzene rings is 2. The van der Waals surface area contributed by atoms with Gasteiger partial charge in [0.25, 0.3) is 5.91 Å². The Hall–Kier alpha value is -3.21. The molecule has 2 aliphatic rings. The number of allylic oxidation sites excluding steroid dienone is 2. The van der Waals surface area contributed by atoms with Crippen LogP contribution in [0.15, 0.2) is 66.2 Å².